The predicted molar refractivity (Wildman–Crippen MR) is 89.0 cm³/mol. The average molecular weight is 345 g/mol. The van der Waals surface area contributed by atoms with Crippen molar-refractivity contribution in [3.8, 4) is 17.2 Å². The molecule has 2 N–H and O–H groups in total. The van der Waals surface area contributed by atoms with Gasteiger partial charge in [-0.15, -0.1) is 0 Å². The molecule has 25 heavy (non-hydrogen) atoms. The number of carbonyl (C=O) groups is 1. The van der Waals surface area contributed by atoms with Crippen LogP contribution in [0.2, 0.25) is 0 Å². The van der Waals surface area contributed by atoms with Gasteiger partial charge in [0.25, 0.3) is 5.91 Å². The number of nitro groups is 1. The van der Waals surface area contributed by atoms with E-state index in [1.807, 2.05) is 0 Å². The van der Waals surface area contributed by atoms with E-state index in [4.69, 9.17) is 9.47 Å². The summed E-state index contributed by atoms with van der Waals surface area (Å²) in [6, 6.07) is 10.3. The van der Waals surface area contributed by atoms with Crippen molar-refractivity contribution in [1.82, 2.24) is 5.43 Å². The molecule has 0 saturated carbocycles. The maximum absolute atomic E-state index is 11.7. The third-order valence-electron chi connectivity index (χ3n) is 3.03. The molecule has 130 valence electrons. The van der Waals surface area contributed by atoms with Crippen molar-refractivity contribution in [2.75, 3.05) is 13.7 Å². The van der Waals surface area contributed by atoms with Gasteiger partial charge in [-0.25, -0.2) is 5.43 Å². The lowest BCUT2D eigenvalue weighted by molar-refractivity contribution is -0.385. The molecule has 0 aliphatic rings. The largest absolute Gasteiger partial charge is 0.504 e. The van der Waals surface area contributed by atoms with E-state index in [0.717, 1.165) is 0 Å². The summed E-state index contributed by atoms with van der Waals surface area (Å²) in [6.07, 6.45) is 1.35. The van der Waals surface area contributed by atoms with Crippen molar-refractivity contribution >= 4 is 17.8 Å². The van der Waals surface area contributed by atoms with E-state index in [2.05, 4.69) is 10.5 Å². The molecule has 0 aliphatic heterocycles. The zero-order valence-electron chi connectivity index (χ0n) is 13.2. The van der Waals surface area contributed by atoms with Gasteiger partial charge in [0.2, 0.25) is 0 Å². The maximum atomic E-state index is 11.7. The average Bonchev–Trinajstić information content (AvgIpc) is 2.61. The molecule has 0 saturated heterocycles. The number of benzene rings is 2. The number of methoxy groups -OCH3 is 1. The number of phenolic OH excluding ortho intramolecular Hbond substituents is 1. The molecule has 1 amide bonds. The zero-order valence-corrected chi connectivity index (χ0v) is 13.2. The molecule has 0 atom stereocenters. The van der Waals surface area contributed by atoms with Gasteiger partial charge >= 0.3 is 5.69 Å². The maximum Gasteiger partial charge on any atom is 0.310 e. The normalized spacial score (nSPS) is 10.4. The van der Waals surface area contributed by atoms with Gasteiger partial charge in [0.05, 0.1) is 18.2 Å². The zero-order chi connectivity index (χ0) is 18.2. The van der Waals surface area contributed by atoms with Crippen LogP contribution in [-0.4, -0.2) is 35.9 Å². The number of amides is 1. The molecule has 0 aromatic heterocycles. The molecule has 0 bridgehead atoms. The van der Waals surface area contributed by atoms with Crippen molar-refractivity contribution in [1.29, 1.82) is 0 Å². The predicted octanol–water partition coefficient (Wildman–Crippen LogP) is 1.84. The lowest BCUT2D eigenvalue weighted by Crippen LogP contribution is -2.24. The Hall–Kier alpha value is -3.62. The number of aromatic hydroxyl groups is 1. The number of ether oxygens (including phenoxy) is 2. The van der Waals surface area contributed by atoms with Crippen LogP contribution in [0.1, 0.15) is 5.56 Å². The van der Waals surface area contributed by atoms with E-state index in [9.17, 15) is 20.0 Å². The summed E-state index contributed by atoms with van der Waals surface area (Å²) in [7, 11) is 1.41. The third kappa shape index (κ3) is 4.93. The lowest BCUT2D eigenvalue weighted by Gasteiger charge is -2.05. The van der Waals surface area contributed by atoms with Gasteiger partial charge in [-0.05, 0) is 29.8 Å². The molecular formula is C16H15N3O6. The molecule has 0 fully saturated rings. The first kappa shape index (κ1) is 17.7. The van der Waals surface area contributed by atoms with Gasteiger partial charge in [-0.3, -0.25) is 14.9 Å². The number of para-hydroxylation sites is 2. The summed E-state index contributed by atoms with van der Waals surface area (Å²) in [5, 5.41) is 24.1. The Morgan fingerprint density at radius 3 is 2.80 bits per heavy atom. The number of rotatable bonds is 7. The van der Waals surface area contributed by atoms with E-state index in [1.165, 1.54) is 43.7 Å². The molecule has 0 radical (unpaired) electrons. The smallest absolute Gasteiger partial charge is 0.310 e. The number of hydrogen-bond acceptors (Lipinski definition) is 7. The van der Waals surface area contributed by atoms with E-state index in [0.29, 0.717) is 5.56 Å². The highest BCUT2D eigenvalue weighted by atomic mass is 16.6. The molecule has 9 nitrogen and oxygen atoms in total. The van der Waals surface area contributed by atoms with Crippen LogP contribution < -0.4 is 14.9 Å². The Labute approximate surface area is 142 Å². The van der Waals surface area contributed by atoms with Crippen LogP contribution in [-0.2, 0) is 4.79 Å². The molecule has 2 aromatic rings. The SMILES string of the molecule is COc1cc(/C=N/NC(=O)COc2ccccc2[N+](=O)[O-])ccc1O. The second kappa shape index (κ2) is 8.29. The molecule has 0 unspecified atom stereocenters. The van der Waals surface area contributed by atoms with Crippen molar-refractivity contribution in [2.45, 2.75) is 0 Å². The summed E-state index contributed by atoms with van der Waals surface area (Å²) < 4.78 is 10.1. The Kier molecular flexibility index (Phi) is 5.88. The molecule has 0 aliphatic carbocycles. The van der Waals surface area contributed by atoms with Gasteiger partial charge in [0.15, 0.2) is 23.9 Å². The van der Waals surface area contributed by atoms with Crippen LogP contribution >= 0.6 is 0 Å². The summed E-state index contributed by atoms with van der Waals surface area (Å²) >= 11 is 0. The molecule has 2 rings (SSSR count). The summed E-state index contributed by atoms with van der Waals surface area (Å²) in [5.74, 6) is -0.327. The fraction of sp³-hybridized carbons (Fsp3) is 0.125. The van der Waals surface area contributed by atoms with E-state index < -0.39 is 17.4 Å². The van der Waals surface area contributed by atoms with Crippen molar-refractivity contribution in [3.63, 3.8) is 0 Å². The number of hydrazone groups is 1. The van der Waals surface area contributed by atoms with E-state index >= 15 is 0 Å². The van der Waals surface area contributed by atoms with Crippen molar-refractivity contribution in [3.05, 3.63) is 58.1 Å². The first-order valence-corrected chi connectivity index (χ1v) is 7.06. The third-order valence-corrected chi connectivity index (χ3v) is 3.03. The lowest BCUT2D eigenvalue weighted by atomic mass is 10.2. The highest BCUT2D eigenvalue weighted by Gasteiger charge is 2.14. The van der Waals surface area contributed by atoms with Crippen LogP contribution in [0.15, 0.2) is 47.6 Å². The highest BCUT2D eigenvalue weighted by Crippen LogP contribution is 2.26. The summed E-state index contributed by atoms with van der Waals surface area (Å²) in [4.78, 5) is 21.9. The van der Waals surface area contributed by atoms with Gasteiger partial charge in [0, 0.05) is 6.07 Å². The highest BCUT2D eigenvalue weighted by molar-refractivity contribution is 5.83. The second-order valence-electron chi connectivity index (χ2n) is 4.74. The molecular weight excluding hydrogens is 330 g/mol. The number of nitro benzene ring substituents is 1. The minimum atomic E-state index is -0.594. The Morgan fingerprint density at radius 1 is 1.32 bits per heavy atom. The first-order valence-electron chi connectivity index (χ1n) is 7.06. The number of phenols is 1. The van der Waals surface area contributed by atoms with Crippen LogP contribution in [0.4, 0.5) is 5.69 Å². The van der Waals surface area contributed by atoms with Gasteiger partial charge in [-0.2, -0.15) is 5.10 Å². The number of nitrogens with zero attached hydrogens (tertiary/aromatic N) is 2. The minimum absolute atomic E-state index is 0.00472. The monoisotopic (exact) mass is 345 g/mol. The van der Waals surface area contributed by atoms with Crippen LogP contribution in [0.3, 0.4) is 0 Å². The number of hydrogen-bond donors (Lipinski definition) is 2. The summed E-state index contributed by atoms with van der Waals surface area (Å²) in [5.41, 5.74) is 2.60. The minimum Gasteiger partial charge on any atom is -0.504 e. The van der Waals surface area contributed by atoms with Gasteiger partial charge < -0.3 is 14.6 Å². The van der Waals surface area contributed by atoms with E-state index in [1.54, 1.807) is 12.1 Å². The van der Waals surface area contributed by atoms with Crippen LogP contribution in [0.5, 0.6) is 17.2 Å². The molecule has 2 aromatic carbocycles. The number of carbonyl (C=O) groups excluding carboxylic acids is 1. The first-order chi connectivity index (χ1) is 12.0. The topological polar surface area (TPSA) is 123 Å². The standard InChI is InChI=1S/C16H15N3O6/c1-24-15-8-11(6-7-13(15)20)9-17-18-16(21)10-25-14-5-3-2-4-12(14)19(22)23/h2-9,20H,10H2,1H3,(H,18,21)/b17-9+. The Bertz CT molecular complexity index is 806. The van der Waals surface area contributed by atoms with Crippen LogP contribution in [0.25, 0.3) is 0 Å². The van der Waals surface area contributed by atoms with Crippen molar-refractivity contribution in [2.24, 2.45) is 5.10 Å². The fourth-order valence-electron chi connectivity index (χ4n) is 1.86. The van der Waals surface area contributed by atoms with Gasteiger partial charge in [0.1, 0.15) is 0 Å². The Balaban J connectivity index is 1.90. The molecule has 0 spiro atoms. The molecule has 0 heterocycles. The Morgan fingerprint density at radius 2 is 2.08 bits per heavy atom. The van der Waals surface area contributed by atoms with Crippen molar-refractivity contribution < 1.29 is 24.3 Å². The van der Waals surface area contributed by atoms with E-state index in [-0.39, 0.29) is 22.9 Å². The van der Waals surface area contributed by atoms with Crippen LogP contribution in [0, 0.1) is 10.1 Å². The fourth-order valence-corrected chi connectivity index (χ4v) is 1.86. The quantitative estimate of drug-likeness (QED) is 0.448. The van der Waals surface area contributed by atoms with Gasteiger partial charge in [-0.1, -0.05) is 12.1 Å². The second-order valence-corrected chi connectivity index (χ2v) is 4.74. The number of nitrogens with one attached hydrogen (secondary N) is 1. The summed E-state index contributed by atoms with van der Waals surface area (Å²) in [6.45, 7) is -0.429. The molecule has 9 heteroatoms.